The number of ether oxygens (including phenoxy) is 2. The van der Waals surface area contributed by atoms with E-state index in [4.69, 9.17) is 9.47 Å². The molecule has 434 valence electrons. The second-order valence-corrected chi connectivity index (χ2v) is 22.5. The third-order valence-corrected chi connectivity index (χ3v) is 15.6. The lowest BCUT2D eigenvalue weighted by molar-refractivity contribution is -0.303. The number of allylic oxidation sites excluding steroid dienone is 2. The van der Waals surface area contributed by atoms with Crippen LogP contribution in [-0.4, -0.2) is 110 Å². The molecule has 1 aliphatic rings. The Labute approximate surface area is 449 Å². The molecule has 11 nitrogen and oxygen atoms in total. The summed E-state index contributed by atoms with van der Waals surface area (Å²) in [4.78, 5) is 13.2. The summed E-state index contributed by atoms with van der Waals surface area (Å²) in [6.07, 6.45) is 50.0. The third-order valence-electron chi connectivity index (χ3n) is 15.6. The van der Waals surface area contributed by atoms with Crippen molar-refractivity contribution in [1.82, 2.24) is 5.32 Å². The van der Waals surface area contributed by atoms with Crippen molar-refractivity contribution < 1.29 is 50.0 Å². The maximum atomic E-state index is 13.2. The molecule has 9 unspecified atom stereocenters. The lowest BCUT2D eigenvalue weighted by Crippen LogP contribution is -2.60. The predicted molar refractivity (Wildman–Crippen MR) is 303 cm³/mol. The van der Waals surface area contributed by atoms with Crippen LogP contribution in [0.2, 0.25) is 0 Å². The van der Waals surface area contributed by atoms with Gasteiger partial charge in [-0.1, -0.05) is 283 Å². The van der Waals surface area contributed by atoms with Crippen molar-refractivity contribution in [3.63, 3.8) is 0 Å². The molecule has 8 N–H and O–H groups in total. The molecule has 0 aliphatic carbocycles. The summed E-state index contributed by atoms with van der Waals surface area (Å²) < 4.78 is 11.2. The van der Waals surface area contributed by atoms with Crippen LogP contribution in [0.25, 0.3) is 0 Å². The van der Waals surface area contributed by atoms with Crippen LogP contribution in [0.15, 0.2) is 12.2 Å². The Balaban J connectivity index is 2.25. The van der Waals surface area contributed by atoms with Crippen molar-refractivity contribution in [2.45, 2.75) is 364 Å². The number of aliphatic hydroxyl groups excluding tert-OH is 7. The monoisotopic (exact) mass is 1040 g/mol. The highest BCUT2D eigenvalue weighted by Crippen LogP contribution is 2.24. The van der Waals surface area contributed by atoms with E-state index in [0.29, 0.717) is 12.8 Å². The van der Waals surface area contributed by atoms with E-state index in [1.165, 1.54) is 231 Å². The van der Waals surface area contributed by atoms with E-state index in [9.17, 15) is 40.5 Å². The smallest absolute Gasteiger partial charge is 0.249 e. The third kappa shape index (κ3) is 39.8. The summed E-state index contributed by atoms with van der Waals surface area (Å²) in [6.45, 7) is 3.49. The summed E-state index contributed by atoms with van der Waals surface area (Å²) in [7, 11) is 0. The fourth-order valence-electron chi connectivity index (χ4n) is 10.4. The van der Waals surface area contributed by atoms with Gasteiger partial charge in [-0.2, -0.15) is 0 Å². The number of carbonyl (C=O) groups excluding carboxylic acids is 1. The molecule has 1 rings (SSSR count). The molecule has 0 bridgehead atoms. The Kier molecular flexibility index (Phi) is 49.4. The van der Waals surface area contributed by atoms with Crippen LogP contribution in [0.3, 0.4) is 0 Å². The maximum absolute atomic E-state index is 13.2. The second kappa shape index (κ2) is 51.6. The lowest BCUT2D eigenvalue weighted by Gasteiger charge is -2.40. The average Bonchev–Trinajstić information content (AvgIpc) is 3.39. The quantitative estimate of drug-likeness (QED) is 0.0215. The zero-order valence-electron chi connectivity index (χ0n) is 47.6. The minimum Gasteiger partial charge on any atom is -0.394 e. The van der Waals surface area contributed by atoms with Crippen molar-refractivity contribution in [3.8, 4) is 0 Å². The first-order valence-electron chi connectivity index (χ1n) is 31.6. The number of rotatable bonds is 55. The molecule has 1 fully saturated rings. The molecule has 0 radical (unpaired) electrons. The Hall–Kier alpha value is -1.15. The minimum atomic E-state index is -1.67. The standard InChI is InChI=1S/C62H121NO10/c1-3-5-7-9-11-13-15-17-19-21-23-24-25-26-27-28-29-30-32-34-36-38-40-42-44-46-48-50-55(66)61(71)63-53(52-72-62-60(70)59(69)58(68)56(51-64)73-62)57(67)54(65)49-47-45-43-41-39-37-35-33-31-22-20-18-16-14-12-10-8-6-4-2/h41,43,53-60,62,64-70H,3-40,42,44-52H2,1-2H3,(H,63,71)/b43-41+. The normalized spacial score (nSPS) is 19.9. The predicted octanol–water partition coefficient (Wildman–Crippen LogP) is 13.9. The first-order chi connectivity index (χ1) is 35.7. The van der Waals surface area contributed by atoms with Gasteiger partial charge in [-0.05, 0) is 38.5 Å². The number of carbonyl (C=O) groups is 1. The molecule has 0 aromatic rings. The van der Waals surface area contributed by atoms with Gasteiger partial charge in [-0.15, -0.1) is 0 Å². The van der Waals surface area contributed by atoms with Crippen molar-refractivity contribution >= 4 is 5.91 Å². The molecule has 73 heavy (non-hydrogen) atoms. The zero-order valence-corrected chi connectivity index (χ0v) is 47.6. The molecule has 0 aromatic heterocycles. The summed E-state index contributed by atoms with van der Waals surface area (Å²) in [5.41, 5.74) is 0. The molecular weight excluding hydrogens is 919 g/mol. The van der Waals surface area contributed by atoms with Crippen molar-refractivity contribution in [2.75, 3.05) is 13.2 Å². The summed E-state index contributed by atoms with van der Waals surface area (Å²) >= 11 is 0. The van der Waals surface area contributed by atoms with Gasteiger partial charge in [-0.3, -0.25) is 4.79 Å². The van der Waals surface area contributed by atoms with Gasteiger partial charge in [0.15, 0.2) is 6.29 Å². The fourth-order valence-corrected chi connectivity index (χ4v) is 10.4. The van der Waals surface area contributed by atoms with Crippen LogP contribution in [-0.2, 0) is 14.3 Å². The van der Waals surface area contributed by atoms with Crippen LogP contribution in [0.5, 0.6) is 0 Å². The number of hydrogen-bond acceptors (Lipinski definition) is 10. The van der Waals surface area contributed by atoms with Gasteiger partial charge < -0.3 is 50.5 Å². The van der Waals surface area contributed by atoms with E-state index in [2.05, 4.69) is 31.3 Å². The SMILES string of the molecule is CCCCCCCCCCCCCCCC/C=C/CCCC(O)C(O)C(COC1OC(CO)C(O)C(O)C1O)NC(=O)C(O)CCCCCCCCCCCCCCCCCCCCCCCCCCCCC. The molecule has 9 atom stereocenters. The lowest BCUT2D eigenvalue weighted by atomic mass is 9.98. The van der Waals surface area contributed by atoms with Gasteiger partial charge in [0.25, 0.3) is 0 Å². The van der Waals surface area contributed by atoms with E-state index in [1.807, 2.05) is 0 Å². The Bertz CT molecular complexity index is 1190. The zero-order chi connectivity index (χ0) is 53.3. The molecule has 0 aromatic carbocycles. The van der Waals surface area contributed by atoms with Gasteiger partial charge >= 0.3 is 0 Å². The number of unbranched alkanes of at least 4 members (excludes halogenated alkanes) is 41. The number of aliphatic hydroxyl groups is 7. The fraction of sp³-hybridized carbons (Fsp3) is 0.952. The van der Waals surface area contributed by atoms with Crippen LogP contribution in [0, 0.1) is 0 Å². The molecule has 1 heterocycles. The van der Waals surface area contributed by atoms with Crippen molar-refractivity contribution in [3.05, 3.63) is 12.2 Å². The summed E-state index contributed by atoms with van der Waals surface area (Å²) in [5, 5.41) is 76.2. The van der Waals surface area contributed by atoms with Crippen molar-refractivity contribution in [1.29, 1.82) is 0 Å². The van der Waals surface area contributed by atoms with E-state index in [0.717, 1.165) is 38.5 Å². The van der Waals surface area contributed by atoms with Crippen LogP contribution in [0.4, 0.5) is 0 Å². The van der Waals surface area contributed by atoms with E-state index >= 15 is 0 Å². The highest BCUT2D eigenvalue weighted by atomic mass is 16.7. The summed E-state index contributed by atoms with van der Waals surface area (Å²) in [6, 6.07) is -1.18. The van der Waals surface area contributed by atoms with Crippen LogP contribution >= 0.6 is 0 Å². The van der Waals surface area contributed by atoms with Gasteiger partial charge in [0.1, 0.15) is 36.6 Å². The first-order valence-corrected chi connectivity index (χ1v) is 31.6. The summed E-state index contributed by atoms with van der Waals surface area (Å²) in [5.74, 6) is -0.699. The average molecular weight is 1040 g/mol. The topological polar surface area (TPSA) is 189 Å². The van der Waals surface area contributed by atoms with Crippen LogP contribution in [0.1, 0.15) is 309 Å². The first kappa shape index (κ1) is 69.9. The van der Waals surface area contributed by atoms with E-state index < -0.39 is 74.2 Å². The number of amides is 1. The molecule has 1 aliphatic heterocycles. The van der Waals surface area contributed by atoms with Crippen molar-refractivity contribution in [2.24, 2.45) is 0 Å². The second-order valence-electron chi connectivity index (χ2n) is 22.5. The van der Waals surface area contributed by atoms with Gasteiger partial charge in [0.05, 0.1) is 25.4 Å². The maximum Gasteiger partial charge on any atom is 0.249 e. The Morgan fingerprint density at radius 3 is 1.18 bits per heavy atom. The molecular formula is C62H121NO10. The molecule has 1 saturated heterocycles. The van der Waals surface area contributed by atoms with Gasteiger partial charge in [0.2, 0.25) is 5.91 Å². The van der Waals surface area contributed by atoms with Gasteiger partial charge in [-0.25, -0.2) is 0 Å². The number of nitrogens with one attached hydrogen (secondary N) is 1. The molecule has 1 amide bonds. The minimum absolute atomic E-state index is 0.260. The molecule has 0 spiro atoms. The highest BCUT2D eigenvalue weighted by Gasteiger charge is 2.44. The Morgan fingerprint density at radius 2 is 0.808 bits per heavy atom. The largest absolute Gasteiger partial charge is 0.394 e. The highest BCUT2D eigenvalue weighted by molar-refractivity contribution is 5.80. The molecule has 0 saturated carbocycles. The number of hydrogen-bond donors (Lipinski definition) is 8. The molecule has 11 heteroatoms. The Morgan fingerprint density at radius 1 is 0.466 bits per heavy atom. The van der Waals surface area contributed by atoms with Gasteiger partial charge in [0, 0.05) is 0 Å². The van der Waals surface area contributed by atoms with E-state index in [-0.39, 0.29) is 12.8 Å². The van der Waals surface area contributed by atoms with Crippen LogP contribution < -0.4 is 5.32 Å². The van der Waals surface area contributed by atoms with E-state index in [1.54, 1.807) is 0 Å².